The molecule has 0 bridgehead atoms. The Morgan fingerprint density at radius 1 is 0.889 bits per heavy atom. The molecule has 0 spiro atoms. The maximum Gasteiger partial charge on any atom is 0.514 e. The van der Waals surface area contributed by atoms with Crippen LogP contribution in [0.2, 0.25) is 18.1 Å². The predicted octanol–water partition coefficient (Wildman–Crippen LogP) is 10.4. The average Bonchev–Trinajstić information content (AvgIpc) is 3.52. The van der Waals surface area contributed by atoms with Gasteiger partial charge in [0.05, 0.1) is 4.92 Å². The number of non-ortho nitro benzene ring substituents is 1. The van der Waals surface area contributed by atoms with Crippen LogP contribution in [-0.2, 0) is 38.1 Å². The first-order valence-electron chi connectivity index (χ1n) is 19.9. The molecule has 2 aliphatic carbocycles. The molecule has 0 radical (unpaired) electrons. The smallest absolute Gasteiger partial charge is 0.482 e. The number of benzene rings is 3. The molecule has 292 valence electrons. The van der Waals surface area contributed by atoms with Crippen LogP contribution in [0, 0.1) is 27.9 Å². The lowest BCUT2D eigenvalue weighted by Gasteiger charge is -2.36. The average molecular weight is 760 g/mol. The summed E-state index contributed by atoms with van der Waals surface area (Å²) in [7, 11) is -1.92. The van der Waals surface area contributed by atoms with E-state index in [1.807, 2.05) is 42.5 Å². The zero-order valence-corrected chi connectivity index (χ0v) is 33.3. The summed E-state index contributed by atoms with van der Waals surface area (Å²) >= 11 is 0. The third-order valence-electron chi connectivity index (χ3n) is 11.7. The van der Waals surface area contributed by atoms with Crippen LogP contribution in [0.25, 0.3) is 0 Å². The van der Waals surface area contributed by atoms with E-state index in [4.69, 9.17) is 23.4 Å². The first-order valence-corrected chi connectivity index (χ1v) is 22.4. The number of nitro benzene ring substituents is 1. The van der Waals surface area contributed by atoms with Crippen molar-refractivity contribution < 1.29 is 37.9 Å². The largest absolute Gasteiger partial charge is 0.514 e. The Balaban J connectivity index is 1.28. The van der Waals surface area contributed by atoms with Crippen LogP contribution in [0.3, 0.4) is 0 Å². The maximum atomic E-state index is 13.0. The molecule has 11 heteroatoms. The Hall–Kier alpha value is -4.22. The quantitative estimate of drug-likeness (QED) is 0.0276. The number of rotatable bonds is 20. The molecule has 0 aliphatic heterocycles. The van der Waals surface area contributed by atoms with E-state index in [1.165, 1.54) is 35.4 Å². The normalized spacial score (nSPS) is 19.6. The Morgan fingerprint density at radius 3 is 2.31 bits per heavy atom. The molecule has 1 unspecified atom stereocenters. The van der Waals surface area contributed by atoms with Gasteiger partial charge in [-0.3, -0.25) is 10.1 Å². The first kappa shape index (κ1) is 41.0. The Labute approximate surface area is 321 Å². The zero-order chi connectivity index (χ0) is 38.5. The molecule has 3 aromatic rings. The van der Waals surface area contributed by atoms with Gasteiger partial charge in [0, 0.05) is 18.2 Å². The van der Waals surface area contributed by atoms with Gasteiger partial charge in [0.15, 0.2) is 14.9 Å². The summed E-state index contributed by atoms with van der Waals surface area (Å²) in [6, 6.07) is 24.5. The van der Waals surface area contributed by atoms with Crippen LogP contribution in [0.15, 0.2) is 72.8 Å². The highest BCUT2D eigenvalue weighted by molar-refractivity contribution is 6.73. The van der Waals surface area contributed by atoms with Gasteiger partial charge in [-0.15, -0.1) is 0 Å². The summed E-state index contributed by atoms with van der Waals surface area (Å²) < 4.78 is 30.3. The van der Waals surface area contributed by atoms with Crippen LogP contribution < -0.4 is 9.47 Å². The molecular weight excluding hydrogens is 703 g/mol. The van der Waals surface area contributed by atoms with Gasteiger partial charge in [-0.25, -0.2) is 9.59 Å². The molecule has 3 aromatic carbocycles. The monoisotopic (exact) mass is 759 g/mol. The second-order valence-electron chi connectivity index (χ2n) is 14.9. The highest BCUT2D eigenvalue weighted by Crippen LogP contribution is 2.50. The van der Waals surface area contributed by atoms with Crippen molar-refractivity contribution in [1.29, 1.82) is 0 Å². The van der Waals surface area contributed by atoms with Crippen molar-refractivity contribution in [3.8, 4) is 11.5 Å². The number of esters is 1. The van der Waals surface area contributed by atoms with Crippen molar-refractivity contribution in [2.45, 2.75) is 122 Å². The highest BCUT2D eigenvalue weighted by atomic mass is 28.4. The number of carbonyl (C=O) groups excluding carboxylic acids is 2. The SMILES string of the molecule is CCCCC[C@@H](CC[C@H]1C(O[Si](CC)(CC)CC)C[C@@H]2Cc3c(cccc3OCC(=O)OCc3ccccc3)C[C@@H]21)OC(=O)Oc1ccc([N+](=O)[O-])cc1. The van der Waals surface area contributed by atoms with Crippen LogP contribution in [0.1, 0.15) is 89.3 Å². The van der Waals surface area contributed by atoms with E-state index in [0.29, 0.717) is 24.2 Å². The number of fused-ring (bicyclic) bond motifs is 2. The van der Waals surface area contributed by atoms with Gasteiger partial charge in [0.1, 0.15) is 24.2 Å². The summed E-state index contributed by atoms with van der Waals surface area (Å²) in [5.74, 6) is 1.68. The molecule has 0 N–H and O–H groups in total. The van der Waals surface area contributed by atoms with E-state index in [2.05, 4.69) is 33.8 Å². The highest BCUT2D eigenvalue weighted by Gasteiger charge is 2.48. The van der Waals surface area contributed by atoms with E-state index in [9.17, 15) is 19.7 Å². The number of ether oxygens (including phenoxy) is 4. The molecule has 10 nitrogen and oxygen atoms in total. The first-order chi connectivity index (χ1) is 26.2. The van der Waals surface area contributed by atoms with E-state index < -0.39 is 25.4 Å². The molecule has 0 saturated heterocycles. The van der Waals surface area contributed by atoms with Crippen LogP contribution in [0.5, 0.6) is 11.5 Å². The lowest BCUT2D eigenvalue weighted by atomic mass is 9.73. The van der Waals surface area contributed by atoms with Gasteiger partial charge >= 0.3 is 12.1 Å². The lowest BCUT2D eigenvalue weighted by molar-refractivity contribution is -0.384. The van der Waals surface area contributed by atoms with Gasteiger partial charge in [0.2, 0.25) is 0 Å². The summed E-state index contributed by atoms with van der Waals surface area (Å²) in [5.41, 5.74) is 3.29. The minimum absolute atomic E-state index is 0.0746. The van der Waals surface area contributed by atoms with E-state index in [1.54, 1.807) is 0 Å². The van der Waals surface area contributed by atoms with Crippen molar-refractivity contribution in [2.75, 3.05) is 6.61 Å². The third kappa shape index (κ3) is 10.9. The van der Waals surface area contributed by atoms with Gasteiger partial charge in [-0.1, -0.05) is 83.0 Å². The summed E-state index contributed by atoms with van der Waals surface area (Å²) in [6.45, 7) is 9.04. The van der Waals surface area contributed by atoms with E-state index in [0.717, 1.165) is 80.8 Å². The second-order valence-corrected chi connectivity index (χ2v) is 19.6. The van der Waals surface area contributed by atoms with Gasteiger partial charge in [0.25, 0.3) is 5.69 Å². The molecule has 0 heterocycles. The Kier molecular flexibility index (Phi) is 15.1. The molecule has 5 rings (SSSR count). The number of carbonyl (C=O) groups is 2. The van der Waals surface area contributed by atoms with E-state index in [-0.39, 0.29) is 36.9 Å². The van der Waals surface area contributed by atoms with Gasteiger partial charge in [-0.2, -0.15) is 0 Å². The van der Waals surface area contributed by atoms with Crippen molar-refractivity contribution in [3.63, 3.8) is 0 Å². The molecule has 5 atom stereocenters. The summed E-state index contributed by atoms with van der Waals surface area (Å²) in [4.78, 5) is 36.2. The maximum absolute atomic E-state index is 13.0. The molecule has 1 fully saturated rings. The minimum atomic E-state index is -1.92. The van der Waals surface area contributed by atoms with Crippen molar-refractivity contribution in [1.82, 2.24) is 0 Å². The zero-order valence-electron chi connectivity index (χ0n) is 32.3. The van der Waals surface area contributed by atoms with Crippen LogP contribution in [-0.4, -0.2) is 44.2 Å². The molecule has 0 amide bonds. The second kappa shape index (κ2) is 19.9. The molecule has 54 heavy (non-hydrogen) atoms. The number of nitro groups is 1. The fourth-order valence-electron chi connectivity index (χ4n) is 8.44. The minimum Gasteiger partial charge on any atom is -0.482 e. The Morgan fingerprint density at radius 2 is 1.63 bits per heavy atom. The number of unbranched alkanes of at least 4 members (excludes halogenated alkanes) is 2. The van der Waals surface area contributed by atoms with Crippen LogP contribution in [0.4, 0.5) is 10.5 Å². The molecular formula is C43H57NO9Si. The topological polar surface area (TPSA) is 123 Å². The van der Waals surface area contributed by atoms with Crippen molar-refractivity contribution >= 4 is 26.1 Å². The Bertz CT molecular complexity index is 1650. The number of nitrogens with zero attached hydrogens (tertiary/aromatic N) is 1. The van der Waals surface area contributed by atoms with Gasteiger partial charge < -0.3 is 23.4 Å². The van der Waals surface area contributed by atoms with Crippen LogP contribution >= 0.6 is 0 Å². The fraction of sp³-hybridized carbons (Fsp3) is 0.535. The lowest BCUT2D eigenvalue weighted by Crippen LogP contribution is -2.42. The van der Waals surface area contributed by atoms with Crippen molar-refractivity contribution in [2.24, 2.45) is 17.8 Å². The molecule has 0 aromatic heterocycles. The van der Waals surface area contributed by atoms with Gasteiger partial charge in [-0.05, 0) is 116 Å². The number of hydrogen-bond acceptors (Lipinski definition) is 9. The molecule has 2 aliphatic rings. The molecule has 1 saturated carbocycles. The third-order valence-corrected chi connectivity index (χ3v) is 16.4. The predicted molar refractivity (Wildman–Crippen MR) is 210 cm³/mol. The van der Waals surface area contributed by atoms with E-state index >= 15 is 0 Å². The van der Waals surface area contributed by atoms with Crippen molar-refractivity contribution in [3.05, 3.63) is 99.6 Å². The summed E-state index contributed by atoms with van der Waals surface area (Å²) in [5, 5.41) is 11.1. The fourth-order valence-corrected chi connectivity index (χ4v) is 11.4. The summed E-state index contributed by atoms with van der Waals surface area (Å²) in [6.07, 6.45) is 7.11. The standard InChI is InChI=1S/C43H57NO9Si/c1-5-9-11-18-35(51-43(46)52-36-22-20-34(21-23-36)44(47)48)24-25-37-38-26-32-17-14-19-40(49-30-42(45)50-29-31-15-12-10-13-16-31)39(32)27-33(38)28-41(37)53-54(6-2,7-3)8-4/h10,12-17,19-23,33,35,37-38,41H,5-9,11,18,24-30H2,1-4H3/t33-,35-,37+,38-,41?/m0/s1. The number of hydrogen-bond donors (Lipinski definition) is 0.